The molecule has 4 N–H and O–H groups in total. The number of benzene rings is 2. The van der Waals surface area contributed by atoms with Gasteiger partial charge in [0.1, 0.15) is 5.75 Å². The molecule has 1 saturated heterocycles. The van der Waals surface area contributed by atoms with E-state index in [0.29, 0.717) is 72.7 Å². The van der Waals surface area contributed by atoms with E-state index in [1.54, 1.807) is 23.7 Å². The van der Waals surface area contributed by atoms with Crippen LogP contribution < -0.4 is 15.5 Å². The van der Waals surface area contributed by atoms with Crippen molar-refractivity contribution in [2.75, 3.05) is 38.6 Å². The van der Waals surface area contributed by atoms with E-state index in [0.717, 1.165) is 12.1 Å². The maximum atomic E-state index is 13.4. The Labute approximate surface area is 228 Å². The number of nitrogens with zero attached hydrogens (tertiary/aromatic N) is 2. The lowest BCUT2D eigenvalue weighted by atomic mass is 9.73. The maximum absolute atomic E-state index is 13.4. The highest BCUT2D eigenvalue weighted by molar-refractivity contribution is 6.32. The van der Waals surface area contributed by atoms with Gasteiger partial charge < -0.3 is 20.1 Å². The lowest BCUT2D eigenvalue weighted by Crippen LogP contribution is -2.49. The molecule has 3 aromatic rings. The van der Waals surface area contributed by atoms with Crippen molar-refractivity contribution in [3.63, 3.8) is 0 Å². The molecule has 1 aromatic heterocycles. The van der Waals surface area contributed by atoms with Crippen molar-refractivity contribution in [3.8, 4) is 5.75 Å². The summed E-state index contributed by atoms with van der Waals surface area (Å²) in [6.07, 6.45) is 1.84. The number of carbonyl (C=O) groups excluding carboxylic acids is 1. The molecule has 1 fully saturated rings. The van der Waals surface area contributed by atoms with Gasteiger partial charge in [0.15, 0.2) is 17.5 Å². The van der Waals surface area contributed by atoms with Gasteiger partial charge in [-0.25, -0.2) is 18.7 Å². The largest absolute Gasteiger partial charge is 0.497 e. The van der Waals surface area contributed by atoms with Crippen molar-refractivity contribution in [1.29, 1.82) is 0 Å². The van der Waals surface area contributed by atoms with E-state index in [-0.39, 0.29) is 12.1 Å². The predicted molar refractivity (Wildman–Crippen MR) is 140 cm³/mol. The van der Waals surface area contributed by atoms with Crippen LogP contribution in [-0.4, -0.2) is 59.4 Å². The van der Waals surface area contributed by atoms with Gasteiger partial charge in [0.2, 0.25) is 5.91 Å². The number of hydroxylamine groups is 1. The zero-order valence-corrected chi connectivity index (χ0v) is 22.1. The van der Waals surface area contributed by atoms with E-state index in [9.17, 15) is 28.3 Å². The number of aliphatic hydroxyl groups excluding tert-OH is 1. The van der Waals surface area contributed by atoms with Gasteiger partial charge in [-0.15, -0.1) is 0 Å². The van der Waals surface area contributed by atoms with E-state index >= 15 is 0 Å². The van der Waals surface area contributed by atoms with Crippen molar-refractivity contribution in [2.45, 2.75) is 31.8 Å². The number of halogens is 4. The van der Waals surface area contributed by atoms with Crippen molar-refractivity contribution < 1.29 is 33.0 Å². The van der Waals surface area contributed by atoms with Gasteiger partial charge in [-0.05, 0) is 57.0 Å². The van der Waals surface area contributed by atoms with Crippen molar-refractivity contribution in [2.24, 2.45) is 5.41 Å². The van der Waals surface area contributed by atoms with Crippen LogP contribution in [0.1, 0.15) is 37.4 Å². The van der Waals surface area contributed by atoms with E-state index in [4.69, 9.17) is 16.3 Å². The van der Waals surface area contributed by atoms with E-state index in [1.165, 1.54) is 13.3 Å². The highest BCUT2D eigenvalue weighted by atomic mass is 35.5. The van der Waals surface area contributed by atoms with E-state index < -0.39 is 34.9 Å². The molecule has 1 aliphatic rings. The van der Waals surface area contributed by atoms with Gasteiger partial charge >= 0.3 is 0 Å². The van der Waals surface area contributed by atoms with Crippen LogP contribution >= 0.6 is 11.6 Å². The summed E-state index contributed by atoms with van der Waals surface area (Å²) in [5.41, 5.74) is 2.15. The van der Waals surface area contributed by atoms with Crippen LogP contribution in [-0.2, 0) is 4.79 Å². The van der Waals surface area contributed by atoms with Crippen molar-refractivity contribution in [3.05, 3.63) is 64.6 Å². The quantitative estimate of drug-likeness (QED) is 0.158. The molecule has 8 nitrogen and oxygen atoms in total. The van der Waals surface area contributed by atoms with E-state index in [1.807, 2.05) is 0 Å². The summed E-state index contributed by atoms with van der Waals surface area (Å²) in [4.78, 5) is 19.2. The third-order valence-corrected chi connectivity index (χ3v) is 7.74. The summed E-state index contributed by atoms with van der Waals surface area (Å²) in [6, 6.07) is 7.08. The molecule has 1 atom stereocenters. The first-order valence-electron chi connectivity index (χ1n) is 12.5. The van der Waals surface area contributed by atoms with Crippen LogP contribution in [0.2, 0.25) is 5.02 Å². The minimum Gasteiger partial charge on any atom is -0.497 e. The topological polar surface area (TPSA) is 107 Å². The van der Waals surface area contributed by atoms with Gasteiger partial charge in [0.05, 0.1) is 29.2 Å². The molecule has 0 spiro atoms. The molecule has 2 aromatic carbocycles. The zero-order valence-electron chi connectivity index (χ0n) is 21.3. The molecule has 39 heavy (non-hydrogen) atoms. The normalized spacial score (nSPS) is 16.2. The average Bonchev–Trinajstić information content (AvgIpc) is 2.94. The Kier molecular flexibility index (Phi) is 9.16. The minimum absolute atomic E-state index is 0.131. The third kappa shape index (κ3) is 6.38. The lowest BCUT2D eigenvalue weighted by molar-refractivity contribution is -0.143. The highest BCUT2D eigenvalue weighted by Crippen LogP contribution is 2.41. The first-order chi connectivity index (χ1) is 18.7. The second-order valence-electron chi connectivity index (χ2n) is 9.70. The highest BCUT2D eigenvalue weighted by Gasteiger charge is 2.41. The number of carbonyl (C=O) groups is 1. The van der Waals surface area contributed by atoms with Crippen LogP contribution in [0.25, 0.3) is 10.9 Å². The fourth-order valence-corrected chi connectivity index (χ4v) is 5.40. The van der Waals surface area contributed by atoms with Crippen molar-refractivity contribution >= 4 is 34.1 Å². The van der Waals surface area contributed by atoms with Crippen LogP contribution in [0.15, 0.2) is 36.5 Å². The van der Waals surface area contributed by atoms with E-state index in [2.05, 4.69) is 15.2 Å². The number of nitrogens with one attached hydrogen (secondary N) is 2. The standard InChI is InChI=1S/C27H30ClF3N4O4/c1-39-17-2-3-22-18(14-17)24(19(28)15-33-22)23(36)4-5-27(26(37)34-38)6-9-35(10-7-27)11-8-32-16-12-20(29)25(31)21(30)13-16/h2-3,12-15,23,32,36,38H,4-11H2,1H3,(H,34,37)/t23-/m1/s1. The summed E-state index contributed by atoms with van der Waals surface area (Å²) in [5.74, 6) is -3.97. The fourth-order valence-electron chi connectivity index (χ4n) is 5.12. The number of amides is 1. The van der Waals surface area contributed by atoms with Gasteiger partial charge in [-0.2, -0.15) is 0 Å². The molecular formula is C27H30ClF3N4O4. The average molecular weight is 567 g/mol. The predicted octanol–water partition coefficient (Wildman–Crippen LogP) is 4.83. The summed E-state index contributed by atoms with van der Waals surface area (Å²) in [5, 5.41) is 24.4. The van der Waals surface area contributed by atoms with Crippen LogP contribution in [0.3, 0.4) is 0 Å². The second-order valence-corrected chi connectivity index (χ2v) is 10.1. The molecular weight excluding hydrogens is 537 g/mol. The Morgan fingerprint density at radius 3 is 2.54 bits per heavy atom. The molecule has 0 unspecified atom stereocenters. The molecule has 0 bridgehead atoms. The number of methoxy groups -OCH3 is 1. The molecule has 1 aliphatic heterocycles. The lowest BCUT2D eigenvalue weighted by Gasteiger charge is -2.40. The number of ether oxygens (including phenoxy) is 1. The summed E-state index contributed by atoms with van der Waals surface area (Å²) in [6.45, 7) is 1.90. The molecule has 12 heteroatoms. The Hall–Kier alpha value is -3.12. The third-order valence-electron chi connectivity index (χ3n) is 7.44. The Bertz CT molecular complexity index is 1310. The van der Waals surface area contributed by atoms with Crippen LogP contribution in [0, 0.1) is 22.9 Å². The number of pyridine rings is 1. The zero-order chi connectivity index (χ0) is 28.2. The number of aliphatic hydroxyl groups is 1. The van der Waals surface area contributed by atoms with Gasteiger partial charge in [0.25, 0.3) is 0 Å². The molecule has 0 radical (unpaired) electrons. The number of hydrogen-bond donors (Lipinski definition) is 4. The van der Waals surface area contributed by atoms with Crippen molar-refractivity contribution in [1.82, 2.24) is 15.4 Å². The second kappa shape index (κ2) is 12.4. The van der Waals surface area contributed by atoms with Crippen LogP contribution in [0.4, 0.5) is 18.9 Å². The Morgan fingerprint density at radius 1 is 1.21 bits per heavy atom. The van der Waals surface area contributed by atoms with Gasteiger partial charge in [-0.3, -0.25) is 15.0 Å². The number of anilines is 1. The smallest absolute Gasteiger partial charge is 0.249 e. The monoisotopic (exact) mass is 566 g/mol. The number of piperidine rings is 1. The first kappa shape index (κ1) is 28.9. The Morgan fingerprint density at radius 2 is 1.90 bits per heavy atom. The number of fused-ring (bicyclic) bond motifs is 1. The summed E-state index contributed by atoms with van der Waals surface area (Å²) >= 11 is 6.42. The number of hydrogen-bond acceptors (Lipinski definition) is 7. The number of aromatic nitrogens is 1. The molecule has 2 heterocycles. The molecule has 210 valence electrons. The molecule has 4 rings (SSSR count). The van der Waals surface area contributed by atoms with Gasteiger partial charge in [0, 0.05) is 48.1 Å². The summed E-state index contributed by atoms with van der Waals surface area (Å²) in [7, 11) is 1.54. The van der Waals surface area contributed by atoms with Crippen LogP contribution in [0.5, 0.6) is 5.75 Å². The van der Waals surface area contributed by atoms with Gasteiger partial charge in [-0.1, -0.05) is 11.6 Å². The summed E-state index contributed by atoms with van der Waals surface area (Å²) < 4.78 is 45.3. The first-order valence-corrected chi connectivity index (χ1v) is 12.9. The Balaban J connectivity index is 1.39. The molecule has 0 saturated carbocycles. The molecule has 0 aliphatic carbocycles. The molecule has 1 amide bonds. The number of likely N-dealkylation sites (tertiary alicyclic amines) is 1. The minimum atomic E-state index is -1.51. The fraction of sp³-hybridized carbons (Fsp3) is 0.407. The number of rotatable bonds is 10. The maximum Gasteiger partial charge on any atom is 0.249 e. The SMILES string of the molecule is COc1ccc2ncc(Cl)c([C@H](O)CCC3(C(=O)NO)CCN(CCNc4cc(F)c(F)c(F)c4)CC3)c2c1.